The largest absolute Gasteiger partial charge is 0.303 e. The van der Waals surface area contributed by atoms with Gasteiger partial charge in [-0.05, 0) is 25.7 Å². The second-order valence-corrected chi connectivity index (χ2v) is 3.93. The van der Waals surface area contributed by atoms with Crippen LogP contribution in [0.2, 0.25) is 0 Å². The van der Waals surface area contributed by atoms with E-state index in [1.165, 1.54) is 0 Å². The summed E-state index contributed by atoms with van der Waals surface area (Å²) in [5, 5.41) is 0.0686. The molecule has 0 N–H and O–H groups in total. The highest BCUT2D eigenvalue weighted by Gasteiger charge is 2.07. The van der Waals surface area contributed by atoms with Crippen molar-refractivity contribution in [2.24, 2.45) is 5.92 Å². The summed E-state index contributed by atoms with van der Waals surface area (Å²) < 4.78 is 0. The van der Waals surface area contributed by atoms with Crippen molar-refractivity contribution >= 4 is 17.9 Å². The van der Waals surface area contributed by atoms with Gasteiger partial charge in [0.2, 0.25) is 0 Å². The molecule has 0 saturated heterocycles. The molecule has 0 heterocycles. The summed E-state index contributed by atoms with van der Waals surface area (Å²) >= 11 is 5.97. The molecule has 0 fully saturated rings. The molecule has 70 valence electrons. The van der Waals surface area contributed by atoms with Crippen LogP contribution in [0, 0.1) is 5.92 Å². The number of alkyl halides is 1. The van der Waals surface area contributed by atoms with E-state index in [1.54, 1.807) is 0 Å². The Morgan fingerprint density at radius 2 is 2.17 bits per heavy atom. The second kappa shape index (κ2) is 6.24. The van der Waals surface area contributed by atoms with Crippen LogP contribution in [0.15, 0.2) is 12.2 Å². The Bertz CT molecular complexity index is 154. The molecular weight excluding hydrogens is 172 g/mol. The van der Waals surface area contributed by atoms with Crippen molar-refractivity contribution in [3.05, 3.63) is 12.2 Å². The SMILES string of the molecule is C=C(C)C(Cl)CCC(C)CC=O. The molecule has 2 heteroatoms. The summed E-state index contributed by atoms with van der Waals surface area (Å²) in [6, 6.07) is 0. The normalized spacial score (nSPS) is 15.2. The van der Waals surface area contributed by atoms with E-state index >= 15 is 0 Å². The Labute approximate surface area is 79.8 Å². The van der Waals surface area contributed by atoms with Gasteiger partial charge in [-0.15, -0.1) is 11.6 Å². The Hall–Kier alpha value is -0.300. The van der Waals surface area contributed by atoms with Crippen LogP contribution in [-0.4, -0.2) is 11.7 Å². The van der Waals surface area contributed by atoms with Crippen LogP contribution in [0.5, 0.6) is 0 Å². The molecule has 0 aliphatic heterocycles. The van der Waals surface area contributed by atoms with Crippen molar-refractivity contribution in [1.82, 2.24) is 0 Å². The van der Waals surface area contributed by atoms with Crippen LogP contribution in [0.25, 0.3) is 0 Å². The van der Waals surface area contributed by atoms with Gasteiger partial charge in [0.25, 0.3) is 0 Å². The molecule has 0 spiro atoms. The summed E-state index contributed by atoms with van der Waals surface area (Å²) in [7, 11) is 0. The number of hydrogen-bond donors (Lipinski definition) is 0. The van der Waals surface area contributed by atoms with Gasteiger partial charge in [0.05, 0.1) is 5.38 Å². The summed E-state index contributed by atoms with van der Waals surface area (Å²) in [5.74, 6) is 0.447. The molecule has 0 aromatic heterocycles. The lowest BCUT2D eigenvalue weighted by Gasteiger charge is -2.11. The lowest BCUT2D eigenvalue weighted by Crippen LogP contribution is -2.03. The van der Waals surface area contributed by atoms with E-state index in [0.29, 0.717) is 12.3 Å². The molecule has 12 heavy (non-hydrogen) atoms. The first-order valence-electron chi connectivity index (χ1n) is 4.31. The van der Waals surface area contributed by atoms with E-state index in [4.69, 9.17) is 11.6 Å². The van der Waals surface area contributed by atoms with Gasteiger partial charge in [-0.3, -0.25) is 0 Å². The van der Waals surface area contributed by atoms with Gasteiger partial charge in [0.15, 0.2) is 0 Å². The number of rotatable bonds is 6. The Morgan fingerprint density at radius 3 is 2.58 bits per heavy atom. The van der Waals surface area contributed by atoms with Gasteiger partial charge in [0.1, 0.15) is 6.29 Å². The number of halogens is 1. The number of hydrogen-bond acceptors (Lipinski definition) is 1. The zero-order valence-corrected chi connectivity index (χ0v) is 8.60. The van der Waals surface area contributed by atoms with E-state index in [0.717, 1.165) is 24.7 Å². The summed E-state index contributed by atoms with van der Waals surface area (Å²) in [6.45, 7) is 7.78. The molecule has 0 saturated carbocycles. The van der Waals surface area contributed by atoms with Crippen molar-refractivity contribution in [1.29, 1.82) is 0 Å². The van der Waals surface area contributed by atoms with Gasteiger partial charge in [-0.1, -0.05) is 19.1 Å². The fourth-order valence-electron chi connectivity index (χ4n) is 0.959. The first-order chi connectivity index (χ1) is 5.57. The minimum absolute atomic E-state index is 0.0686. The average molecular weight is 189 g/mol. The molecule has 1 nitrogen and oxygen atoms in total. The topological polar surface area (TPSA) is 17.1 Å². The highest BCUT2D eigenvalue weighted by molar-refractivity contribution is 6.22. The lowest BCUT2D eigenvalue weighted by molar-refractivity contribution is -0.108. The fourth-order valence-corrected chi connectivity index (χ4v) is 1.09. The second-order valence-electron chi connectivity index (χ2n) is 3.40. The van der Waals surface area contributed by atoms with Gasteiger partial charge < -0.3 is 4.79 Å². The van der Waals surface area contributed by atoms with Crippen LogP contribution in [-0.2, 0) is 4.79 Å². The van der Waals surface area contributed by atoms with Gasteiger partial charge >= 0.3 is 0 Å². The molecule has 2 atom stereocenters. The molecule has 0 aliphatic rings. The minimum Gasteiger partial charge on any atom is -0.303 e. The Balaban J connectivity index is 3.53. The molecule has 0 rings (SSSR count). The maximum atomic E-state index is 10.1. The number of carbonyl (C=O) groups is 1. The van der Waals surface area contributed by atoms with E-state index < -0.39 is 0 Å². The summed E-state index contributed by atoms with van der Waals surface area (Å²) in [6.07, 6.45) is 3.53. The zero-order chi connectivity index (χ0) is 9.56. The highest BCUT2D eigenvalue weighted by Crippen LogP contribution is 2.18. The van der Waals surface area contributed by atoms with E-state index in [1.807, 2.05) is 6.92 Å². The van der Waals surface area contributed by atoms with E-state index in [9.17, 15) is 4.79 Å². The number of aldehydes is 1. The minimum atomic E-state index is 0.0686. The van der Waals surface area contributed by atoms with Gasteiger partial charge in [-0.25, -0.2) is 0 Å². The Kier molecular flexibility index (Phi) is 6.09. The lowest BCUT2D eigenvalue weighted by atomic mass is 9.99. The number of carbonyl (C=O) groups excluding carboxylic acids is 1. The van der Waals surface area contributed by atoms with Crippen molar-refractivity contribution < 1.29 is 4.79 Å². The van der Waals surface area contributed by atoms with Crippen LogP contribution in [0.1, 0.15) is 33.1 Å². The van der Waals surface area contributed by atoms with Crippen LogP contribution >= 0.6 is 11.6 Å². The van der Waals surface area contributed by atoms with Crippen LogP contribution in [0.4, 0.5) is 0 Å². The first-order valence-corrected chi connectivity index (χ1v) is 4.74. The first kappa shape index (κ1) is 11.7. The quantitative estimate of drug-likeness (QED) is 0.356. The molecule has 0 aromatic rings. The van der Waals surface area contributed by atoms with E-state index in [2.05, 4.69) is 13.5 Å². The van der Waals surface area contributed by atoms with Crippen molar-refractivity contribution in [3.8, 4) is 0 Å². The zero-order valence-electron chi connectivity index (χ0n) is 7.85. The third kappa shape index (κ3) is 5.36. The Morgan fingerprint density at radius 1 is 1.58 bits per heavy atom. The van der Waals surface area contributed by atoms with E-state index in [-0.39, 0.29) is 5.38 Å². The predicted molar refractivity (Wildman–Crippen MR) is 53.5 cm³/mol. The smallest absolute Gasteiger partial charge is 0.120 e. The standard InChI is InChI=1S/C10H17ClO/c1-8(2)10(11)5-4-9(3)6-7-12/h7,9-10H,1,4-6H2,2-3H3. The third-order valence-corrected chi connectivity index (χ3v) is 2.54. The third-order valence-electron chi connectivity index (χ3n) is 1.95. The molecule has 0 amide bonds. The average Bonchev–Trinajstić information content (AvgIpc) is 2.00. The maximum Gasteiger partial charge on any atom is 0.120 e. The summed E-state index contributed by atoms with van der Waals surface area (Å²) in [4.78, 5) is 10.1. The molecule has 0 aromatic carbocycles. The molecule has 0 radical (unpaired) electrons. The maximum absolute atomic E-state index is 10.1. The van der Waals surface area contributed by atoms with Crippen LogP contribution in [0.3, 0.4) is 0 Å². The predicted octanol–water partition coefficient (Wildman–Crippen LogP) is 3.18. The monoisotopic (exact) mass is 188 g/mol. The van der Waals surface area contributed by atoms with Crippen molar-refractivity contribution in [2.45, 2.75) is 38.5 Å². The fraction of sp³-hybridized carbons (Fsp3) is 0.700. The molecule has 0 bridgehead atoms. The van der Waals surface area contributed by atoms with Gasteiger partial charge in [-0.2, -0.15) is 0 Å². The molecule has 2 unspecified atom stereocenters. The van der Waals surface area contributed by atoms with Crippen molar-refractivity contribution in [2.75, 3.05) is 0 Å². The van der Waals surface area contributed by atoms with Crippen LogP contribution < -0.4 is 0 Å². The van der Waals surface area contributed by atoms with Crippen molar-refractivity contribution in [3.63, 3.8) is 0 Å². The highest BCUT2D eigenvalue weighted by atomic mass is 35.5. The summed E-state index contributed by atoms with van der Waals surface area (Å²) in [5.41, 5.74) is 1.01. The molecule has 0 aliphatic carbocycles. The van der Waals surface area contributed by atoms with Gasteiger partial charge in [0, 0.05) is 6.42 Å². The number of allylic oxidation sites excluding steroid dienone is 1. The molecular formula is C10H17ClO.